The molecule has 0 aromatic rings. The highest BCUT2D eigenvalue weighted by molar-refractivity contribution is 9.09. The molecule has 0 radical (unpaired) electrons. The zero-order valence-electron chi connectivity index (χ0n) is 11.8. The van der Waals surface area contributed by atoms with Crippen LogP contribution in [0.1, 0.15) is 57.8 Å². The molecule has 110 valence electrons. The van der Waals surface area contributed by atoms with Crippen molar-refractivity contribution < 1.29 is 9.53 Å². The molecule has 4 heteroatoms. The van der Waals surface area contributed by atoms with Crippen LogP contribution in [0, 0.1) is 5.41 Å². The first-order valence-corrected chi connectivity index (χ1v) is 8.81. The second-order valence-electron chi connectivity index (χ2n) is 6.14. The number of hydrogen-bond acceptors (Lipinski definition) is 2. The van der Waals surface area contributed by atoms with E-state index in [9.17, 15) is 4.79 Å². The van der Waals surface area contributed by atoms with Gasteiger partial charge in [0.1, 0.15) is 0 Å². The van der Waals surface area contributed by atoms with Crippen LogP contribution < -0.4 is 5.32 Å². The number of rotatable bonds is 6. The highest BCUT2D eigenvalue weighted by Gasteiger charge is 2.31. The van der Waals surface area contributed by atoms with Gasteiger partial charge in [-0.2, -0.15) is 0 Å². The minimum atomic E-state index is 0.196. The predicted octanol–water partition coefficient (Wildman–Crippen LogP) is 3.41. The number of halogens is 1. The first-order valence-electron chi connectivity index (χ1n) is 7.68. The summed E-state index contributed by atoms with van der Waals surface area (Å²) in [5, 5.41) is 4.15. The van der Waals surface area contributed by atoms with Crippen molar-refractivity contribution in [2.24, 2.45) is 5.41 Å². The molecule has 1 heterocycles. The second-order valence-corrected chi connectivity index (χ2v) is 6.71. The van der Waals surface area contributed by atoms with Crippen LogP contribution in [0.15, 0.2) is 0 Å². The van der Waals surface area contributed by atoms with Gasteiger partial charge in [-0.05, 0) is 37.5 Å². The number of nitrogens with one attached hydrogen (secondary N) is 1. The Bertz CT molecular complexity index is 284. The lowest BCUT2D eigenvalue weighted by Crippen LogP contribution is -2.40. The summed E-state index contributed by atoms with van der Waals surface area (Å²) in [6, 6.07) is 0. The molecule has 3 nitrogen and oxygen atoms in total. The van der Waals surface area contributed by atoms with Crippen LogP contribution in [0.4, 0.5) is 0 Å². The first kappa shape index (κ1) is 15.3. The van der Waals surface area contributed by atoms with Gasteiger partial charge in [0.25, 0.3) is 0 Å². The lowest BCUT2D eigenvalue weighted by Gasteiger charge is -2.35. The van der Waals surface area contributed by atoms with Gasteiger partial charge in [-0.1, -0.05) is 35.2 Å². The summed E-state index contributed by atoms with van der Waals surface area (Å²) in [4.78, 5) is 11.9. The molecular formula is C15H26BrNO2. The molecule has 1 atom stereocenters. The Hall–Kier alpha value is -0.0900. The van der Waals surface area contributed by atoms with Gasteiger partial charge >= 0.3 is 0 Å². The average molecular weight is 332 g/mol. The fourth-order valence-corrected chi connectivity index (χ4v) is 3.96. The van der Waals surface area contributed by atoms with Gasteiger partial charge in [-0.25, -0.2) is 0 Å². The molecule has 1 N–H and O–H groups in total. The third-order valence-electron chi connectivity index (χ3n) is 4.58. The van der Waals surface area contributed by atoms with Crippen molar-refractivity contribution in [3.8, 4) is 0 Å². The normalized spacial score (nSPS) is 26.3. The molecule has 1 aliphatic heterocycles. The van der Waals surface area contributed by atoms with Crippen LogP contribution in [0.2, 0.25) is 0 Å². The molecule has 2 aliphatic rings. The van der Waals surface area contributed by atoms with E-state index in [4.69, 9.17) is 4.74 Å². The lowest BCUT2D eigenvalue weighted by molar-refractivity contribution is -0.122. The minimum absolute atomic E-state index is 0.196. The molecule has 1 amide bonds. The van der Waals surface area contributed by atoms with E-state index >= 15 is 0 Å². The smallest absolute Gasteiger partial charge is 0.220 e. The summed E-state index contributed by atoms with van der Waals surface area (Å²) >= 11 is 3.64. The van der Waals surface area contributed by atoms with Crippen molar-refractivity contribution >= 4 is 21.8 Å². The van der Waals surface area contributed by atoms with Crippen LogP contribution >= 0.6 is 15.9 Å². The molecule has 0 bridgehead atoms. The molecule has 1 aliphatic carbocycles. The quantitative estimate of drug-likeness (QED) is 0.757. The second kappa shape index (κ2) is 7.63. The standard InChI is InChI=1S/C15H26BrNO2/c16-11-15(8-2-1-3-9-15)12-17-14(18)7-6-13-5-4-10-19-13/h13H,1-12H2,(H,17,18). The molecule has 0 aromatic carbocycles. The summed E-state index contributed by atoms with van der Waals surface area (Å²) in [6.45, 7) is 1.71. The number of hydrogen-bond donors (Lipinski definition) is 1. The zero-order chi connectivity index (χ0) is 13.6. The van der Waals surface area contributed by atoms with Gasteiger partial charge in [-0.3, -0.25) is 4.79 Å². The number of alkyl halides is 1. The van der Waals surface area contributed by atoms with Crippen LogP contribution in [0.5, 0.6) is 0 Å². The summed E-state index contributed by atoms with van der Waals surface area (Å²) in [5.74, 6) is 0.196. The zero-order valence-corrected chi connectivity index (χ0v) is 13.3. The highest BCUT2D eigenvalue weighted by atomic mass is 79.9. The molecule has 1 saturated heterocycles. The fourth-order valence-electron chi connectivity index (χ4n) is 3.20. The Labute approximate surface area is 125 Å². The highest BCUT2D eigenvalue weighted by Crippen LogP contribution is 2.37. The fraction of sp³-hybridized carbons (Fsp3) is 0.933. The molecule has 2 fully saturated rings. The third kappa shape index (κ3) is 4.75. The largest absolute Gasteiger partial charge is 0.378 e. The van der Waals surface area contributed by atoms with Crippen molar-refractivity contribution in [1.29, 1.82) is 0 Å². The van der Waals surface area contributed by atoms with E-state index in [2.05, 4.69) is 21.2 Å². The maximum absolute atomic E-state index is 11.9. The summed E-state index contributed by atoms with van der Waals surface area (Å²) in [7, 11) is 0. The average Bonchev–Trinajstić information content (AvgIpc) is 2.97. The number of carbonyl (C=O) groups excluding carboxylic acids is 1. The minimum Gasteiger partial charge on any atom is -0.378 e. The van der Waals surface area contributed by atoms with Crippen LogP contribution in [-0.2, 0) is 9.53 Å². The Morgan fingerprint density at radius 2 is 2.05 bits per heavy atom. The molecule has 0 aromatic heterocycles. The van der Waals surface area contributed by atoms with Crippen molar-refractivity contribution in [1.82, 2.24) is 5.32 Å². The summed E-state index contributed by atoms with van der Waals surface area (Å²) in [5.41, 5.74) is 0.303. The summed E-state index contributed by atoms with van der Waals surface area (Å²) < 4.78 is 5.55. The van der Waals surface area contributed by atoms with E-state index in [0.29, 0.717) is 17.9 Å². The Morgan fingerprint density at radius 1 is 1.26 bits per heavy atom. The van der Waals surface area contributed by atoms with E-state index in [1.165, 1.54) is 32.1 Å². The first-order chi connectivity index (χ1) is 9.24. The number of amides is 1. The predicted molar refractivity (Wildman–Crippen MR) is 80.5 cm³/mol. The van der Waals surface area contributed by atoms with Crippen molar-refractivity contribution in [2.75, 3.05) is 18.5 Å². The number of carbonyl (C=O) groups is 1. The molecule has 1 unspecified atom stereocenters. The van der Waals surface area contributed by atoms with E-state index in [1.54, 1.807) is 0 Å². The van der Waals surface area contributed by atoms with Gasteiger partial charge in [0.2, 0.25) is 5.91 Å². The Morgan fingerprint density at radius 3 is 2.68 bits per heavy atom. The van der Waals surface area contributed by atoms with Crippen molar-refractivity contribution in [3.05, 3.63) is 0 Å². The van der Waals surface area contributed by atoms with Crippen molar-refractivity contribution in [3.63, 3.8) is 0 Å². The third-order valence-corrected chi connectivity index (χ3v) is 5.77. The van der Waals surface area contributed by atoms with Crippen LogP contribution in [0.25, 0.3) is 0 Å². The SMILES string of the molecule is O=C(CCC1CCCO1)NCC1(CBr)CCCCC1. The van der Waals surface area contributed by atoms with E-state index in [1.807, 2.05) is 0 Å². The number of ether oxygens (including phenoxy) is 1. The van der Waals surface area contributed by atoms with Crippen LogP contribution in [-0.4, -0.2) is 30.5 Å². The Kier molecular flexibility index (Phi) is 6.14. The summed E-state index contributed by atoms with van der Waals surface area (Å²) in [6.07, 6.45) is 10.5. The topological polar surface area (TPSA) is 38.3 Å². The molecule has 1 saturated carbocycles. The monoisotopic (exact) mass is 331 g/mol. The lowest BCUT2D eigenvalue weighted by atomic mass is 9.75. The maximum atomic E-state index is 11.9. The molecule has 19 heavy (non-hydrogen) atoms. The van der Waals surface area contributed by atoms with Gasteiger partial charge < -0.3 is 10.1 Å². The van der Waals surface area contributed by atoms with Crippen LogP contribution in [0.3, 0.4) is 0 Å². The van der Waals surface area contributed by atoms with Gasteiger partial charge in [-0.15, -0.1) is 0 Å². The molecule has 2 rings (SSSR count). The van der Waals surface area contributed by atoms with Gasteiger partial charge in [0.05, 0.1) is 6.10 Å². The van der Waals surface area contributed by atoms with Gasteiger partial charge in [0, 0.05) is 24.9 Å². The maximum Gasteiger partial charge on any atom is 0.220 e. The van der Waals surface area contributed by atoms with Crippen molar-refractivity contribution in [2.45, 2.75) is 63.9 Å². The van der Waals surface area contributed by atoms with Gasteiger partial charge in [0.15, 0.2) is 0 Å². The molecule has 0 spiro atoms. The Balaban J connectivity index is 1.66. The molecular weight excluding hydrogens is 306 g/mol. The van der Waals surface area contributed by atoms with E-state index in [-0.39, 0.29) is 5.91 Å². The van der Waals surface area contributed by atoms with E-state index in [0.717, 1.165) is 37.7 Å². The van der Waals surface area contributed by atoms with E-state index < -0.39 is 0 Å².